The summed E-state index contributed by atoms with van der Waals surface area (Å²) in [6.07, 6.45) is 0. The Morgan fingerprint density at radius 2 is 1.80 bits per heavy atom. The smallest absolute Gasteiger partial charge is 0.249 e. The highest BCUT2D eigenvalue weighted by molar-refractivity contribution is 6.07. The van der Waals surface area contributed by atoms with E-state index in [0.29, 0.717) is 5.71 Å². The summed E-state index contributed by atoms with van der Waals surface area (Å²) < 4.78 is 0. The van der Waals surface area contributed by atoms with Crippen LogP contribution in [0.1, 0.15) is 24.0 Å². The van der Waals surface area contributed by atoms with Gasteiger partial charge >= 0.3 is 0 Å². The molecule has 1 heterocycles. The quantitative estimate of drug-likeness (QED) is 0.905. The maximum absolute atomic E-state index is 12.0. The van der Waals surface area contributed by atoms with Gasteiger partial charge in [-0.05, 0) is 19.4 Å². The Balaban J connectivity index is 2.48. The molecule has 1 amide bonds. The molecule has 1 aromatic rings. The van der Waals surface area contributed by atoms with Gasteiger partial charge in [-0.25, -0.2) is 5.43 Å². The monoisotopic (exact) mass is 266 g/mol. The van der Waals surface area contributed by atoms with Crippen molar-refractivity contribution in [3.8, 4) is 12.1 Å². The maximum Gasteiger partial charge on any atom is 0.249 e. The number of rotatable bonds is 3. The number of hydrazone groups is 1. The van der Waals surface area contributed by atoms with Gasteiger partial charge in [-0.15, -0.1) is 0 Å². The number of hydrogen-bond acceptors (Lipinski definition) is 4. The van der Waals surface area contributed by atoms with E-state index in [-0.39, 0.29) is 5.91 Å². The van der Waals surface area contributed by atoms with Gasteiger partial charge in [0.1, 0.15) is 5.92 Å². The number of benzene rings is 1. The van der Waals surface area contributed by atoms with E-state index < -0.39 is 17.8 Å². The number of nitrogens with one attached hydrogen (secondary N) is 1. The van der Waals surface area contributed by atoms with E-state index in [1.165, 1.54) is 0 Å². The van der Waals surface area contributed by atoms with Crippen molar-refractivity contribution in [3.63, 3.8) is 0 Å². The van der Waals surface area contributed by atoms with Crippen LogP contribution in [0, 0.1) is 41.4 Å². The predicted molar refractivity (Wildman–Crippen MR) is 73.4 cm³/mol. The minimum atomic E-state index is -0.892. The fourth-order valence-corrected chi connectivity index (χ4v) is 2.45. The first kappa shape index (κ1) is 13.8. The first-order chi connectivity index (χ1) is 9.58. The zero-order valence-corrected chi connectivity index (χ0v) is 11.3. The SMILES string of the molecule is CC1=NNC(=O)[C@H]1[C@@H](c1ccc(C)cc1)C(C#N)C#N. The Kier molecular flexibility index (Phi) is 3.81. The molecule has 0 radical (unpaired) electrons. The molecule has 5 heteroatoms. The van der Waals surface area contributed by atoms with Crippen molar-refractivity contribution in [1.82, 2.24) is 5.43 Å². The third-order valence-electron chi connectivity index (χ3n) is 3.53. The molecule has 2 rings (SSSR count). The zero-order valence-electron chi connectivity index (χ0n) is 11.3. The van der Waals surface area contributed by atoms with E-state index in [2.05, 4.69) is 10.5 Å². The number of amides is 1. The van der Waals surface area contributed by atoms with Crippen LogP contribution in [0.25, 0.3) is 0 Å². The lowest BCUT2D eigenvalue weighted by atomic mass is 9.76. The van der Waals surface area contributed by atoms with E-state index in [1.54, 1.807) is 6.92 Å². The minimum absolute atomic E-state index is 0.261. The zero-order chi connectivity index (χ0) is 14.7. The number of nitrogens with zero attached hydrogens (tertiary/aromatic N) is 3. The van der Waals surface area contributed by atoms with Gasteiger partial charge in [-0.1, -0.05) is 29.8 Å². The first-order valence-electron chi connectivity index (χ1n) is 6.28. The van der Waals surface area contributed by atoms with Crippen molar-refractivity contribution in [2.75, 3.05) is 0 Å². The van der Waals surface area contributed by atoms with Gasteiger partial charge in [-0.2, -0.15) is 15.6 Å². The van der Waals surface area contributed by atoms with Crippen LogP contribution in [-0.4, -0.2) is 11.6 Å². The number of carbonyl (C=O) groups is 1. The summed E-state index contributed by atoms with van der Waals surface area (Å²) in [4.78, 5) is 12.0. The van der Waals surface area contributed by atoms with Gasteiger partial charge in [0.2, 0.25) is 5.91 Å². The molecule has 0 bridgehead atoms. The summed E-state index contributed by atoms with van der Waals surface area (Å²) in [7, 11) is 0. The van der Waals surface area contributed by atoms with Crippen molar-refractivity contribution >= 4 is 11.6 Å². The first-order valence-corrected chi connectivity index (χ1v) is 6.28. The fourth-order valence-electron chi connectivity index (χ4n) is 2.45. The minimum Gasteiger partial charge on any atom is -0.272 e. The average Bonchev–Trinajstić information content (AvgIpc) is 2.77. The summed E-state index contributed by atoms with van der Waals surface area (Å²) in [5, 5.41) is 22.3. The van der Waals surface area contributed by atoms with Gasteiger partial charge in [0.05, 0.1) is 18.1 Å². The highest BCUT2D eigenvalue weighted by atomic mass is 16.2. The van der Waals surface area contributed by atoms with Crippen molar-refractivity contribution in [1.29, 1.82) is 10.5 Å². The molecule has 1 aliphatic rings. The molecule has 0 unspecified atom stereocenters. The fraction of sp³-hybridized carbons (Fsp3) is 0.333. The van der Waals surface area contributed by atoms with Gasteiger partial charge in [0, 0.05) is 11.6 Å². The van der Waals surface area contributed by atoms with Gasteiger partial charge in [0.15, 0.2) is 0 Å². The Morgan fingerprint density at radius 1 is 1.20 bits per heavy atom. The molecular formula is C15H14N4O. The Hall–Kier alpha value is -2.66. The van der Waals surface area contributed by atoms with Gasteiger partial charge in [-0.3, -0.25) is 4.79 Å². The van der Waals surface area contributed by atoms with Crippen LogP contribution in [0.15, 0.2) is 29.4 Å². The molecule has 0 fully saturated rings. The highest BCUT2D eigenvalue weighted by Gasteiger charge is 2.40. The maximum atomic E-state index is 12.0. The lowest BCUT2D eigenvalue weighted by molar-refractivity contribution is -0.122. The van der Waals surface area contributed by atoms with Crippen LogP contribution in [-0.2, 0) is 4.79 Å². The predicted octanol–water partition coefficient (Wildman–Crippen LogP) is 1.86. The molecule has 100 valence electrons. The molecule has 5 nitrogen and oxygen atoms in total. The Bertz CT molecular complexity index is 619. The van der Waals surface area contributed by atoms with Crippen LogP contribution in [0.3, 0.4) is 0 Å². The molecular weight excluding hydrogens is 252 g/mol. The Labute approximate surface area is 117 Å². The number of hydrogen-bond donors (Lipinski definition) is 1. The lowest BCUT2D eigenvalue weighted by Crippen LogP contribution is -2.32. The topological polar surface area (TPSA) is 89.0 Å². The molecule has 1 aliphatic heterocycles. The van der Waals surface area contributed by atoms with Crippen LogP contribution in [0.2, 0.25) is 0 Å². The Morgan fingerprint density at radius 3 is 2.25 bits per heavy atom. The number of aryl methyl sites for hydroxylation is 1. The molecule has 0 saturated carbocycles. The summed E-state index contributed by atoms with van der Waals surface area (Å²) >= 11 is 0. The molecule has 0 aliphatic carbocycles. The van der Waals surface area contributed by atoms with Crippen molar-refractivity contribution in [2.24, 2.45) is 16.9 Å². The molecule has 1 N–H and O–H groups in total. The standard InChI is InChI=1S/C15H14N4O/c1-9-3-5-11(6-4-9)14(12(7-16)8-17)13-10(2)18-19-15(13)20/h3-6,12-14H,1-2H3,(H,19,20)/t13-,14+/m1/s1. The number of nitriles is 2. The van der Waals surface area contributed by atoms with Crippen molar-refractivity contribution in [2.45, 2.75) is 19.8 Å². The van der Waals surface area contributed by atoms with Gasteiger partial charge in [0.25, 0.3) is 0 Å². The second kappa shape index (κ2) is 5.54. The second-order valence-corrected chi connectivity index (χ2v) is 4.88. The van der Waals surface area contributed by atoms with Crippen LogP contribution in [0.4, 0.5) is 0 Å². The van der Waals surface area contributed by atoms with Gasteiger partial charge < -0.3 is 0 Å². The highest BCUT2D eigenvalue weighted by Crippen LogP contribution is 2.34. The average molecular weight is 266 g/mol. The molecule has 20 heavy (non-hydrogen) atoms. The van der Waals surface area contributed by atoms with Crippen molar-refractivity contribution in [3.05, 3.63) is 35.4 Å². The van der Waals surface area contributed by atoms with E-state index in [4.69, 9.17) is 0 Å². The van der Waals surface area contributed by atoms with E-state index in [1.807, 2.05) is 43.3 Å². The van der Waals surface area contributed by atoms with E-state index in [9.17, 15) is 15.3 Å². The van der Waals surface area contributed by atoms with E-state index in [0.717, 1.165) is 11.1 Å². The lowest BCUT2D eigenvalue weighted by Gasteiger charge is -2.23. The molecule has 1 aromatic carbocycles. The third-order valence-corrected chi connectivity index (χ3v) is 3.53. The summed E-state index contributed by atoms with van der Waals surface area (Å²) in [5.74, 6) is -2.22. The van der Waals surface area contributed by atoms with Crippen LogP contribution in [0.5, 0.6) is 0 Å². The van der Waals surface area contributed by atoms with E-state index >= 15 is 0 Å². The number of carbonyl (C=O) groups excluding carboxylic acids is 1. The van der Waals surface area contributed by atoms with Crippen molar-refractivity contribution < 1.29 is 4.79 Å². The summed E-state index contributed by atoms with van der Waals surface area (Å²) in [6, 6.07) is 11.5. The normalized spacial score (nSPS) is 18.9. The third kappa shape index (κ3) is 2.39. The molecule has 2 atom stereocenters. The van der Waals surface area contributed by atoms with Crippen LogP contribution >= 0.6 is 0 Å². The molecule has 0 aromatic heterocycles. The summed E-state index contributed by atoms with van der Waals surface area (Å²) in [5.41, 5.74) is 4.91. The molecule has 0 spiro atoms. The second-order valence-electron chi connectivity index (χ2n) is 4.88. The molecule has 0 saturated heterocycles. The summed E-state index contributed by atoms with van der Waals surface area (Å²) in [6.45, 7) is 3.69. The largest absolute Gasteiger partial charge is 0.272 e. The van der Waals surface area contributed by atoms with Crippen LogP contribution < -0.4 is 5.43 Å².